The van der Waals surface area contributed by atoms with Gasteiger partial charge in [-0.05, 0) is 24.1 Å². The molecule has 0 bridgehead atoms. The van der Waals surface area contributed by atoms with Gasteiger partial charge in [0.25, 0.3) is 0 Å². The number of hydrogen-bond donors (Lipinski definition) is 2. The molecule has 6 nitrogen and oxygen atoms in total. The van der Waals surface area contributed by atoms with Crippen molar-refractivity contribution in [1.82, 2.24) is 10.6 Å². The van der Waals surface area contributed by atoms with Crippen molar-refractivity contribution in [3.05, 3.63) is 35.4 Å². The van der Waals surface area contributed by atoms with Gasteiger partial charge in [0.15, 0.2) is 15.8 Å². The van der Waals surface area contributed by atoms with Crippen molar-refractivity contribution in [1.29, 1.82) is 5.26 Å². The van der Waals surface area contributed by atoms with E-state index in [4.69, 9.17) is 5.26 Å². The number of benzene rings is 1. The van der Waals surface area contributed by atoms with Gasteiger partial charge in [-0.1, -0.05) is 12.1 Å². The van der Waals surface area contributed by atoms with Crippen LogP contribution >= 0.6 is 24.0 Å². The molecule has 1 atom stereocenters. The molecule has 22 heavy (non-hydrogen) atoms. The smallest absolute Gasteiger partial charge is 0.191 e. The monoisotopic (exact) mass is 434 g/mol. The first-order chi connectivity index (χ1) is 10.0. The predicted molar refractivity (Wildman–Crippen MR) is 97.0 cm³/mol. The van der Waals surface area contributed by atoms with E-state index in [0.717, 1.165) is 5.56 Å². The zero-order chi connectivity index (χ0) is 15.3. The van der Waals surface area contributed by atoms with Crippen LogP contribution in [0.1, 0.15) is 17.5 Å². The molecule has 8 heteroatoms. The van der Waals surface area contributed by atoms with Gasteiger partial charge in [-0.25, -0.2) is 8.42 Å². The van der Waals surface area contributed by atoms with Crippen molar-refractivity contribution >= 4 is 39.8 Å². The molecule has 2 N–H and O–H groups in total. The fourth-order valence-corrected chi connectivity index (χ4v) is 3.85. The van der Waals surface area contributed by atoms with Crippen LogP contribution in [-0.4, -0.2) is 39.0 Å². The number of rotatable bonds is 3. The molecule has 1 aromatic carbocycles. The highest BCUT2D eigenvalue weighted by molar-refractivity contribution is 14.0. The van der Waals surface area contributed by atoms with Crippen LogP contribution in [0.4, 0.5) is 0 Å². The average Bonchev–Trinajstić information content (AvgIpc) is 2.83. The third-order valence-corrected chi connectivity index (χ3v) is 5.11. The van der Waals surface area contributed by atoms with E-state index < -0.39 is 9.84 Å². The Hall–Kier alpha value is -1.34. The Morgan fingerprint density at radius 2 is 2.09 bits per heavy atom. The third-order valence-electron chi connectivity index (χ3n) is 3.34. The molecular formula is C14H19IN4O2S. The molecule has 1 aliphatic heterocycles. The largest absolute Gasteiger partial charge is 0.353 e. The molecule has 1 fully saturated rings. The lowest BCUT2D eigenvalue weighted by molar-refractivity contribution is 0.599. The van der Waals surface area contributed by atoms with Gasteiger partial charge >= 0.3 is 0 Å². The predicted octanol–water partition coefficient (Wildman–Crippen LogP) is 1.03. The first-order valence-corrected chi connectivity index (χ1v) is 8.51. The molecule has 0 spiro atoms. The second-order valence-electron chi connectivity index (χ2n) is 4.98. The Labute approximate surface area is 148 Å². The van der Waals surface area contributed by atoms with Gasteiger partial charge in [-0.2, -0.15) is 5.26 Å². The van der Waals surface area contributed by atoms with Gasteiger partial charge in [0.05, 0.1) is 23.1 Å². The van der Waals surface area contributed by atoms with Crippen LogP contribution in [0.5, 0.6) is 0 Å². The number of halogens is 1. The SMILES string of the molecule is CN=C(NCc1ccc(C#N)cc1)NC1CCS(=O)(=O)C1.I. The van der Waals surface area contributed by atoms with E-state index in [9.17, 15) is 8.42 Å². The number of nitrogens with one attached hydrogen (secondary N) is 2. The summed E-state index contributed by atoms with van der Waals surface area (Å²) in [5.41, 5.74) is 1.65. The van der Waals surface area contributed by atoms with E-state index in [0.29, 0.717) is 24.5 Å². The van der Waals surface area contributed by atoms with Crippen LogP contribution in [-0.2, 0) is 16.4 Å². The standard InChI is InChI=1S/C14H18N4O2S.HI/c1-16-14(18-13-6-7-21(19,20)10-13)17-9-12-4-2-11(8-15)3-5-12;/h2-5,13H,6-7,9-10H2,1H3,(H2,16,17,18);1H. The van der Waals surface area contributed by atoms with E-state index in [1.807, 2.05) is 12.1 Å². The van der Waals surface area contributed by atoms with Crippen molar-refractivity contribution in [2.75, 3.05) is 18.6 Å². The summed E-state index contributed by atoms with van der Waals surface area (Å²) in [4.78, 5) is 4.10. The maximum Gasteiger partial charge on any atom is 0.191 e. The molecular weight excluding hydrogens is 415 g/mol. The van der Waals surface area contributed by atoms with Crippen molar-refractivity contribution < 1.29 is 8.42 Å². The van der Waals surface area contributed by atoms with E-state index in [2.05, 4.69) is 21.7 Å². The van der Waals surface area contributed by atoms with Gasteiger partial charge in [-0.3, -0.25) is 4.99 Å². The minimum Gasteiger partial charge on any atom is -0.353 e. The summed E-state index contributed by atoms with van der Waals surface area (Å²) in [6.07, 6.45) is 0.611. The molecule has 0 amide bonds. The zero-order valence-electron chi connectivity index (χ0n) is 12.2. The average molecular weight is 434 g/mol. The summed E-state index contributed by atoms with van der Waals surface area (Å²) in [6.45, 7) is 0.560. The molecule has 1 aromatic rings. The first-order valence-electron chi connectivity index (χ1n) is 6.69. The van der Waals surface area contributed by atoms with Crippen LogP contribution in [0.15, 0.2) is 29.3 Å². The summed E-state index contributed by atoms with van der Waals surface area (Å²) in [5, 5.41) is 15.0. The number of guanidine groups is 1. The highest BCUT2D eigenvalue weighted by Crippen LogP contribution is 2.11. The summed E-state index contributed by atoms with van der Waals surface area (Å²) in [6, 6.07) is 9.26. The summed E-state index contributed by atoms with van der Waals surface area (Å²) < 4.78 is 22.8. The first kappa shape index (κ1) is 18.7. The van der Waals surface area contributed by atoms with Crippen molar-refractivity contribution in [3.63, 3.8) is 0 Å². The van der Waals surface area contributed by atoms with Gasteiger partial charge in [0, 0.05) is 19.6 Å². The van der Waals surface area contributed by atoms with Gasteiger partial charge in [0.2, 0.25) is 0 Å². The Morgan fingerprint density at radius 3 is 2.59 bits per heavy atom. The molecule has 1 aliphatic rings. The Kier molecular flexibility index (Phi) is 7.09. The van der Waals surface area contributed by atoms with E-state index in [-0.39, 0.29) is 41.5 Å². The van der Waals surface area contributed by atoms with Crippen LogP contribution < -0.4 is 10.6 Å². The maximum atomic E-state index is 11.4. The zero-order valence-corrected chi connectivity index (χ0v) is 15.4. The maximum absolute atomic E-state index is 11.4. The number of hydrogen-bond acceptors (Lipinski definition) is 4. The summed E-state index contributed by atoms with van der Waals surface area (Å²) >= 11 is 0. The van der Waals surface area contributed by atoms with Crippen LogP contribution in [0.3, 0.4) is 0 Å². The van der Waals surface area contributed by atoms with Crippen molar-refractivity contribution in [2.24, 2.45) is 4.99 Å². The lowest BCUT2D eigenvalue weighted by Gasteiger charge is -2.16. The second-order valence-corrected chi connectivity index (χ2v) is 7.21. The fraction of sp³-hybridized carbons (Fsp3) is 0.429. The van der Waals surface area contributed by atoms with Gasteiger partial charge in [0.1, 0.15) is 0 Å². The number of nitriles is 1. The molecule has 0 aromatic heterocycles. The molecule has 2 rings (SSSR count). The number of sulfone groups is 1. The van der Waals surface area contributed by atoms with Crippen molar-refractivity contribution in [2.45, 2.75) is 19.0 Å². The third kappa shape index (κ3) is 5.46. The van der Waals surface area contributed by atoms with E-state index in [1.165, 1.54) is 0 Å². The van der Waals surface area contributed by atoms with Gasteiger partial charge < -0.3 is 10.6 Å². The minimum absolute atomic E-state index is 0. The normalized spacial score (nSPS) is 19.8. The van der Waals surface area contributed by atoms with E-state index >= 15 is 0 Å². The molecule has 1 unspecified atom stereocenters. The topological polar surface area (TPSA) is 94.3 Å². The summed E-state index contributed by atoms with van der Waals surface area (Å²) in [5.74, 6) is 0.975. The van der Waals surface area contributed by atoms with Crippen molar-refractivity contribution in [3.8, 4) is 6.07 Å². The van der Waals surface area contributed by atoms with Crippen LogP contribution in [0, 0.1) is 11.3 Å². The Balaban J connectivity index is 0.00000242. The Morgan fingerprint density at radius 1 is 1.41 bits per heavy atom. The molecule has 0 radical (unpaired) electrons. The molecule has 1 heterocycles. The van der Waals surface area contributed by atoms with Crippen LogP contribution in [0.25, 0.3) is 0 Å². The fourth-order valence-electron chi connectivity index (χ4n) is 2.18. The van der Waals surface area contributed by atoms with Crippen LogP contribution in [0.2, 0.25) is 0 Å². The molecule has 1 saturated heterocycles. The quantitative estimate of drug-likeness (QED) is 0.421. The lowest BCUT2D eigenvalue weighted by Crippen LogP contribution is -2.43. The minimum atomic E-state index is -2.90. The Bertz CT molecular complexity index is 665. The number of nitrogens with zero attached hydrogens (tertiary/aromatic N) is 2. The van der Waals surface area contributed by atoms with E-state index in [1.54, 1.807) is 19.2 Å². The molecule has 120 valence electrons. The molecule has 0 saturated carbocycles. The number of aliphatic imine (C=N–C) groups is 1. The highest BCUT2D eigenvalue weighted by Gasteiger charge is 2.28. The van der Waals surface area contributed by atoms with Gasteiger partial charge in [-0.15, -0.1) is 24.0 Å². The lowest BCUT2D eigenvalue weighted by atomic mass is 10.1. The molecule has 0 aliphatic carbocycles. The second kappa shape index (κ2) is 8.33. The highest BCUT2D eigenvalue weighted by atomic mass is 127. The summed E-state index contributed by atoms with van der Waals surface area (Å²) in [7, 11) is -1.25.